The SMILES string of the molecule is CC(C)c1cc(C(=O)c2c(F)cccc2C(F)(F)F)cc(C(C)C)c1O. The standard InChI is InChI=1S/C20H20F4O2/c1-10(2)13-8-12(9-14(11(3)4)19(13)26)18(25)17-15(20(22,23)24)6-5-7-16(17)21/h5-11,26H,1-4H3. The largest absolute Gasteiger partial charge is 0.507 e. The topological polar surface area (TPSA) is 37.3 Å². The molecule has 140 valence electrons. The first-order chi connectivity index (χ1) is 11.9. The predicted molar refractivity (Wildman–Crippen MR) is 91.1 cm³/mol. The number of halogens is 4. The summed E-state index contributed by atoms with van der Waals surface area (Å²) in [7, 11) is 0. The van der Waals surface area contributed by atoms with Gasteiger partial charge in [0.1, 0.15) is 11.6 Å². The lowest BCUT2D eigenvalue weighted by atomic mass is 9.88. The van der Waals surface area contributed by atoms with Crippen molar-refractivity contribution in [3.05, 3.63) is 64.0 Å². The van der Waals surface area contributed by atoms with E-state index in [4.69, 9.17) is 0 Å². The van der Waals surface area contributed by atoms with Gasteiger partial charge in [-0.1, -0.05) is 33.8 Å². The van der Waals surface area contributed by atoms with E-state index in [-0.39, 0.29) is 23.1 Å². The molecule has 1 N–H and O–H groups in total. The zero-order chi connectivity index (χ0) is 19.8. The molecule has 6 heteroatoms. The van der Waals surface area contributed by atoms with Gasteiger partial charge in [-0.25, -0.2) is 4.39 Å². The lowest BCUT2D eigenvalue weighted by Gasteiger charge is -2.18. The Kier molecular flexibility index (Phi) is 5.44. The second-order valence-electron chi connectivity index (χ2n) is 6.80. The van der Waals surface area contributed by atoms with Crippen molar-refractivity contribution < 1.29 is 27.5 Å². The molecule has 0 saturated carbocycles. The summed E-state index contributed by atoms with van der Waals surface area (Å²) in [5.41, 5.74) is -1.53. The first kappa shape index (κ1) is 19.9. The van der Waals surface area contributed by atoms with E-state index < -0.39 is 28.9 Å². The van der Waals surface area contributed by atoms with E-state index in [1.54, 1.807) is 27.7 Å². The minimum atomic E-state index is -4.86. The van der Waals surface area contributed by atoms with E-state index in [0.717, 1.165) is 12.1 Å². The van der Waals surface area contributed by atoms with E-state index in [2.05, 4.69) is 0 Å². The van der Waals surface area contributed by atoms with E-state index in [1.165, 1.54) is 12.1 Å². The summed E-state index contributed by atoms with van der Waals surface area (Å²) in [5, 5.41) is 10.4. The van der Waals surface area contributed by atoms with Crippen LogP contribution in [0.4, 0.5) is 17.6 Å². The van der Waals surface area contributed by atoms with Gasteiger partial charge in [-0.3, -0.25) is 4.79 Å². The maximum Gasteiger partial charge on any atom is 0.417 e. The smallest absolute Gasteiger partial charge is 0.417 e. The third kappa shape index (κ3) is 3.74. The first-order valence-corrected chi connectivity index (χ1v) is 8.22. The monoisotopic (exact) mass is 368 g/mol. The maximum absolute atomic E-state index is 14.1. The van der Waals surface area contributed by atoms with Gasteiger partial charge in [0.05, 0.1) is 11.1 Å². The van der Waals surface area contributed by atoms with Crippen LogP contribution >= 0.6 is 0 Å². The lowest BCUT2D eigenvalue weighted by Crippen LogP contribution is -2.16. The van der Waals surface area contributed by atoms with Gasteiger partial charge in [-0.15, -0.1) is 0 Å². The highest BCUT2D eigenvalue weighted by molar-refractivity contribution is 6.10. The highest BCUT2D eigenvalue weighted by Crippen LogP contribution is 2.38. The van der Waals surface area contributed by atoms with Crippen molar-refractivity contribution in [2.75, 3.05) is 0 Å². The normalized spacial score (nSPS) is 12.1. The average molecular weight is 368 g/mol. The molecule has 0 atom stereocenters. The van der Waals surface area contributed by atoms with Crippen molar-refractivity contribution in [2.45, 2.75) is 45.7 Å². The number of hydrogen-bond donors (Lipinski definition) is 1. The number of carbonyl (C=O) groups excluding carboxylic acids is 1. The van der Waals surface area contributed by atoms with Gasteiger partial charge < -0.3 is 5.11 Å². The van der Waals surface area contributed by atoms with E-state index in [1.807, 2.05) is 0 Å². The summed E-state index contributed by atoms with van der Waals surface area (Å²) < 4.78 is 53.8. The molecule has 2 aromatic rings. The number of carbonyl (C=O) groups is 1. The quantitative estimate of drug-likeness (QED) is 0.529. The van der Waals surface area contributed by atoms with Gasteiger partial charge in [-0.2, -0.15) is 13.2 Å². The number of hydrogen-bond acceptors (Lipinski definition) is 2. The Balaban J connectivity index is 2.73. The fourth-order valence-corrected chi connectivity index (χ4v) is 2.83. The average Bonchev–Trinajstić information content (AvgIpc) is 2.52. The molecule has 0 saturated heterocycles. The molecule has 0 aliphatic carbocycles. The minimum Gasteiger partial charge on any atom is -0.507 e. The molecular weight excluding hydrogens is 348 g/mol. The summed E-state index contributed by atoms with van der Waals surface area (Å²) in [6.45, 7) is 7.16. The number of aromatic hydroxyl groups is 1. The third-order valence-corrected chi connectivity index (χ3v) is 4.22. The highest BCUT2D eigenvalue weighted by Gasteiger charge is 2.37. The van der Waals surface area contributed by atoms with Crippen LogP contribution in [0.3, 0.4) is 0 Å². The van der Waals surface area contributed by atoms with Crippen LogP contribution in [0.15, 0.2) is 30.3 Å². The van der Waals surface area contributed by atoms with Crippen molar-refractivity contribution >= 4 is 5.78 Å². The minimum absolute atomic E-state index is 0.0103. The Hall–Kier alpha value is -2.37. The Morgan fingerprint density at radius 3 is 1.92 bits per heavy atom. The molecule has 0 aliphatic heterocycles. The molecule has 0 fully saturated rings. The Bertz CT molecular complexity index is 807. The summed E-state index contributed by atoms with van der Waals surface area (Å²) in [6.07, 6.45) is -4.86. The Labute approximate surface area is 149 Å². The van der Waals surface area contributed by atoms with Crippen LogP contribution in [-0.4, -0.2) is 10.9 Å². The number of phenolic OH excluding ortho intramolecular Hbond substituents is 1. The van der Waals surface area contributed by atoms with Gasteiger partial charge in [0.15, 0.2) is 5.78 Å². The van der Waals surface area contributed by atoms with Gasteiger partial charge in [0.2, 0.25) is 0 Å². The van der Waals surface area contributed by atoms with Crippen molar-refractivity contribution in [1.82, 2.24) is 0 Å². The van der Waals surface area contributed by atoms with Crippen LogP contribution in [0, 0.1) is 5.82 Å². The van der Waals surface area contributed by atoms with Crippen LogP contribution in [0.2, 0.25) is 0 Å². The van der Waals surface area contributed by atoms with Crippen LogP contribution in [-0.2, 0) is 6.18 Å². The molecule has 26 heavy (non-hydrogen) atoms. The molecular formula is C20H20F4O2. The summed E-state index contributed by atoms with van der Waals surface area (Å²) >= 11 is 0. The van der Waals surface area contributed by atoms with Crippen molar-refractivity contribution in [2.24, 2.45) is 0 Å². The molecule has 2 rings (SSSR count). The number of phenols is 1. The van der Waals surface area contributed by atoms with E-state index >= 15 is 0 Å². The van der Waals surface area contributed by atoms with Gasteiger partial charge >= 0.3 is 6.18 Å². The van der Waals surface area contributed by atoms with Crippen LogP contribution in [0.1, 0.15) is 72.1 Å². The van der Waals surface area contributed by atoms with Crippen LogP contribution in [0.5, 0.6) is 5.75 Å². The Morgan fingerprint density at radius 1 is 1.00 bits per heavy atom. The lowest BCUT2D eigenvalue weighted by molar-refractivity contribution is -0.138. The predicted octanol–water partition coefficient (Wildman–Crippen LogP) is 6.03. The zero-order valence-electron chi connectivity index (χ0n) is 14.9. The van der Waals surface area contributed by atoms with Gasteiger partial charge in [-0.05, 0) is 47.2 Å². The Morgan fingerprint density at radius 2 is 1.50 bits per heavy atom. The van der Waals surface area contributed by atoms with Crippen molar-refractivity contribution in [3.63, 3.8) is 0 Å². The first-order valence-electron chi connectivity index (χ1n) is 8.22. The van der Waals surface area contributed by atoms with E-state index in [0.29, 0.717) is 17.2 Å². The van der Waals surface area contributed by atoms with Gasteiger partial charge in [0.25, 0.3) is 0 Å². The molecule has 0 aromatic heterocycles. The van der Waals surface area contributed by atoms with Gasteiger partial charge in [0, 0.05) is 5.56 Å². The summed E-state index contributed by atoms with van der Waals surface area (Å²) in [6, 6.07) is 5.10. The number of alkyl halides is 3. The molecule has 2 aromatic carbocycles. The highest BCUT2D eigenvalue weighted by atomic mass is 19.4. The maximum atomic E-state index is 14.1. The third-order valence-electron chi connectivity index (χ3n) is 4.22. The molecule has 0 radical (unpaired) electrons. The molecule has 2 nitrogen and oxygen atoms in total. The second-order valence-corrected chi connectivity index (χ2v) is 6.80. The molecule has 0 heterocycles. The zero-order valence-corrected chi connectivity index (χ0v) is 14.9. The fraction of sp³-hybridized carbons (Fsp3) is 0.350. The molecule has 0 bridgehead atoms. The molecule has 0 aliphatic rings. The van der Waals surface area contributed by atoms with Crippen molar-refractivity contribution in [3.8, 4) is 5.75 Å². The van der Waals surface area contributed by atoms with Crippen LogP contribution < -0.4 is 0 Å². The molecule has 0 amide bonds. The second kappa shape index (κ2) is 7.09. The molecule has 0 unspecified atom stereocenters. The number of ketones is 1. The molecule has 0 spiro atoms. The van der Waals surface area contributed by atoms with Crippen molar-refractivity contribution in [1.29, 1.82) is 0 Å². The summed E-state index contributed by atoms with van der Waals surface area (Å²) in [5.74, 6) is -2.60. The summed E-state index contributed by atoms with van der Waals surface area (Å²) in [4.78, 5) is 12.8. The van der Waals surface area contributed by atoms with E-state index in [9.17, 15) is 27.5 Å². The number of rotatable bonds is 4. The number of benzene rings is 2. The fourth-order valence-electron chi connectivity index (χ4n) is 2.83. The van der Waals surface area contributed by atoms with Crippen LogP contribution in [0.25, 0.3) is 0 Å².